The van der Waals surface area contributed by atoms with Crippen molar-refractivity contribution in [3.05, 3.63) is 29.8 Å². The molecule has 2 atom stereocenters. The molecule has 0 bridgehead atoms. The van der Waals surface area contributed by atoms with E-state index in [2.05, 4.69) is 9.46 Å². The van der Waals surface area contributed by atoms with E-state index in [0.29, 0.717) is 19.3 Å². The van der Waals surface area contributed by atoms with E-state index in [1.165, 1.54) is 19.2 Å². The number of esters is 1. The quantitative estimate of drug-likeness (QED) is 0.853. The van der Waals surface area contributed by atoms with Crippen molar-refractivity contribution in [1.82, 2.24) is 0 Å². The zero-order chi connectivity index (χ0) is 15.5. The van der Waals surface area contributed by atoms with E-state index in [-0.39, 0.29) is 11.3 Å². The summed E-state index contributed by atoms with van der Waals surface area (Å²) in [4.78, 5) is 11.7. The minimum absolute atomic E-state index is 0.232. The minimum Gasteiger partial charge on any atom is -0.469 e. The summed E-state index contributed by atoms with van der Waals surface area (Å²) in [5, 5.41) is 8.18. The van der Waals surface area contributed by atoms with Crippen molar-refractivity contribution < 1.29 is 17.9 Å². The van der Waals surface area contributed by atoms with Gasteiger partial charge in [-0.05, 0) is 25.0 Å². The number of sulfonamides is 1. The summed E-state index contributed by atoms with van der Waals surface area (Å²) in [6.07, 6.45) is 1.56. The molecule has 1 aromatic rings. The van der Waals surface area contributed by atoms with Gasteiger partial charge in [0.2, 0.25) is 10.0 Å². The van der Waals surface area contributed by atoms with Crippen molar-refractivity contribution in [2.24, 2.45) is 5.92 Å². The van der Waals surface area contributed by atoms with Crippen LogP contribution in [0.4, 0.5) is 5.69 Å². The summed E-state index contributed by atoms with van der Waals surface area (Å²) < 4.78 is 32.0. The van der Waals surface area contributed by atoms with Crippen LogP contribution in [0, 0.1) is 17.2 Å². The average Bonchev–Trinajstić information content (AvgIpc) is 2.97. The van der Waals surface area contributed by atoms with Gasteiger partial charge >= 0.3 is 5.97 Å². The molecule has 1 N–H and O–H groups in total. The number of para-hydroxylation sites is 1. The van der Waals surface area contributed by atoms with Gasteiger partial charge < -0.3 is 4.74 Å². The normalized spacial score (nSPS) is 21.5. The van der Waals surface area contributed by atoms with Crippen LogP contribution in [0.3, 0.4) is 0 Å². The van der Waals surface area contributed by atoms with Gasteiger partial charge in [0.15, 0.2) is 0 Å². The van der Waals surface area contributed by atoms with Crippen LogP contribution < -0.4 is 4.72 Å². The standard InChI is InChI=1S/C14H16N2O4S/c1-20-14(17)11-6-4-8-13(11)21(18,19)16-12-7-3-2-5-10(12)9-15/h2-3,5,7,11,13,16H,4,6,8H2,1H3. The van der Waals surface area contributed by atoms with Gasteiger partial charge in [-0.25, -0.2) is 8.42 Å². The Morgan fingerprint density at radius 1 is 1.38 bits per heavy atom. The van der Waals surface area contributed by atoms with Crippen LogP contribution in [-0.2, 0) is 19.6 Å². The summed E-state index contributed by atoms with van der Waals surface area (Å²) in [6, 6.07) is 8.29. The zero-order valence-electron chi connectivity index (χ0n) is 11.6. The number of hydrogen-bond acceptors (Lipinski definition) is 5. The molecule has 0 saturated heterocycles. The maximum Gasteiger partial charge on any atom is 0.310 e. The molecular formula is C14H16N2O4S. The molecule has 1 saturated carbocycles. The first-order valence-electron chi connectivity index (χ1n) is 6.58. The van der Waals surface area contributed by atoms with Crippen molar-refractivity contribution in [3.63, 3.8) is 0 Å². The summed E-state index contributed by atoms with van der Waals surface area (Å²) in [7, 11) is -2.50. The lowest BCUT2D eigenvalue weighted by molar-refractivity contribution is -0.145. The summed E-state index contributed by atoms with van der Waals surface area (Å²) in [5.41, 5.74) is 0.476. The molecule has 1 aliphatic carbocycles. The molecule has 0 amide bonds. The van der Waals surface area contributed by atoms with Crippen LogP contribution in [0.15, 0.2) is 24.3 Å². The van der Waals surface area contributed by atoms with Crippen LogP contribution in [0.2, 0.25) is 0 Å². The largest absolute Gasteiger partial charge is 0.469 e. The fourth-order valence-corrected chi connectivity index (χ4v) is 4.41. The highest BCUT2D eigenvalue weighted by Crippen LogP contribution is 2.33. The van der Waals surface area contributed by atoms with Crippen LogP contribution in [0.25, 0.3) is 0 Å². The number of methoxy groups -OCH3 is 1. The molecule has 7 heteroatoms. The topological polar surface area (TPSA) is 96.3 Å². The Kier molecular flexibility index (Phi) is 4.48. The Labute approximate surface area is 123 Å². The first kappa shape index (κ1) is 15.3. The maximum atomic E-state index is 12.5. The summed E-state index contributed by atoms with van der Waals surface area (Å²) in [5.74, 6) is -1.15. The molecule has 1 aliphatic rings. The van der Waals surface area contributed by atoms with Crippen molar-refractivity contribution in [3.8, 4) is 6.07 Å². The Hall–Kier alpha value is -2.07. The number of hydrogen-bond donors (Lipinski definition) is 1. The molecule has 0 heterocycles. The number of rotatable bonds is 4. The molecule has 0 aliphatic heterocycles. The number of ether oxygens (including phenoxy) is 1. The van der Waals surface area contributed by atoms with Crippen LogP contribution in [-0.4, -0.2) is 26.7 Å². The van der Waals surface area contributed by atoms with Gasteiger partial charge in [-0.1, -0.05) is 18.6 Å². The Balaban J connectivity index is 2.26. The lowest BCUT2D eigenvalue weighted by Gasteiger charge is -2.19. The lowest BCUT2D eigenvalue weighted by Crippen LogP contribution is -2.35. The van der Waals surface area contributed by atoms with E-state index in [0.717, 1.165) is 0 Å². The highest BCUT2D eigenvalue weighted by Gasteiger charge is 2.42. The van der Waals surface area contributed by atoms with Gasteiger partial charge in [-0.2, -0.15) is 5.26 Å². The fourth-order valence-electron chi connectivity index (χ4n) is 2.62. The summed E-state index contributed by atoms with van der Waals surface area (Å²) >= 11 is 0. The van der Waals surface area contributed by atoms with Gasteiger partial charge in [-0.15, -0.1) is 0 Å². The monoisotopic (exact) mass is 308 g/mol. The third kappa shape index (κ3) is 3.16. The van der Waals surface area contributed by atoms with Gasteiger partial charge in [0, 0.05) is 0 Å². The molecule has 0 aromatic heterocycles. The second kappa shape index (κ2) is 6.14. The van der Waals surface area contributed by atoms with Crippen molar-refractivity contribution in [1.29, 1.82) is 5.26 Å². The Morgan fingerprint density at radius 2 is 2.10 bits per heavy atom. The number of carbonyl (C=O) groups excluding carboxylic acids is 1. The van der Waals surface area contributed by atoms with Gasteiger partial charge in [0.25, 0.3) is 0 Å². The van der Waals surface area contributed by atoms with Gasteiger partial charge in [0.05, 0.1) is 29.5 Å². The molecule has 1 aromatic carbocycles. The van der Waals surface area contributed by atoms with E-state index in [4.69, 9.17) is 5.26 Å². The van der Waals surface area contributed by atoms with Crippen molar-refractivity contribution in [2.45, 2.75) is 24.5 Å². The highest BCUT2D eigenvalue weighted by atomic mass is 32.2. The second-order valence-corrected chi connectivity index (χ2v) is 6.80. The first-order valence-corrected chi connectivity index (χ1v) is 8.13. The minimum atomic E-state index is -3.75. The van der Waals surface area contributed by atoms with Crippen molar-refractivity contribution >= 4 is 21.7 Å². The predicted molar refractivity (Wildman–Crippen MR) is 76.8 cm³/mol. The lowest BCUT2D eigenvalue weighted by atomic mass is 10.1. The molecule has 0 radical (unpaired) electrons. The average molecular weight is 308 g/mol. The van der Waals surface area contributed by atoms with Gasteiger partial charge in [-0.3, -0.25) is 9.52 Å². The number of nitrogens with zero attached hydrogens (tertiary/aromatic N) is 1. The molecule has 21 heavy (non-hydrogen) atoms. The molecular weight excluding hydrogens is 292 g/mol. The number of carbonyl (C=O) groups is 1. The third-order valence-corrected chi connectivity index (χ3v) is 5.52. The van der Waals surface area contributed by atoms with Crippen molar-refractivity contribution in [2.75, 3.05) is 11.8 Å². The Morgan fingerprint density at radius 3 is 2.76 bits per heavy atom. The summed E-state index contributed by atoms with van der Waals surface area (Å²) in [6.45, 7) is 0. The number of nitriles is 1. The van der Waals surface area contributed by atoms with E-state index < -0.39 is 27.2 Å². The zero-order valence-corrected chi connectivity index (χ0v) is 12.4. The number of benzene rings is 1. The highest BCUT2D eigenvalue weighted by molar-refractivity contribution is 7.93. The predicted octanol–water partition coefficient (Wildman–Crippen LogP) is 1.64. The van der Waals surface area contributed by atoms with E-state index in [1.807, 2.05) is 6.07 Å². The van der Waals surface area contributed by atoms with E-state index in [9.17, 15) is 13.2 Å². The SMILES string of the molecule is COC(=O)C1CCCC1S(=O)(=O)Nc1ccccc1C#N. The maximum absolute atomic E-state index is 12.5. The van der Waals surface area contributed by atoms with Crippen LogP contribution >= 0.6 is 0 Å². The molecule has 0 spiro atoms. The third-order valence-electron chi connectivity index (χ3n) is 3.65. The molecule has 2 unspecified atom stereocenters. The number of anilines is 1. The fraction of sp³-hybridized carbons (Fsp3) is 0.429. The second-order valence-electron chi connectivity index (χ2n) is 4.90. The molecule has 1 fully saturated rings. The van der Waals surface area contributed by atoms with E-state index in [1.54, 1.807) is 12.1 Å². The first-order chi connectivity index (χ1) is 9.99. The van der Waals surface area contributed by atoms with E-state index >= 15 is 0 Å². The van der Waals surface area contributed by atoms with Gasteiger partial charge in [0.1, 0.15) is 6.07 Å². The van der Waals surface area contributed by atoms with Crippen LogP contribution in [0.1, 0.15) is 24.8 Å². The molecule has 6 nitrogen and oxygen atoms in total. The van der Waals surface area contributed by atoms with Crippen LogP contribution in [0.5, 0.6) is 0 Å². The molecule has 2 rings (SSSR count). The smallest absolute Gasteiger partial charge is 0.310 e. The Bertz CT molecular complexity index is 678. The molecule has 112 valence electrons. The number of nitrogens with one attached hydrogen (secondary N) is 1.